The number of hydrogen-bond donors (Lipinski definition) is 1. The molecule has 0 radical (unpaired) electrons. The highest BCUT2D eigenvalue weighted by Crippen LogP contribution is 2.22. The quantitative estimate of drug-likeness (QED) is 0.377. The lowest BCUT2D eigenvalue weighted by molar-refractivity contribution is 0.369. The van der Waals surface area contributed by atoms with Crippen LogP contribution in [0.15, 0.2) is 29.3 Å². The third-order valence-electron chi connectivity index (χ3n) is 5.09. The number of benzene rings is 1. The van der Waals surface area contributed by atoms with E-state index in [0.717, 1.165) is 44.3 Å². The maximum Gasteiger partial charge on any atom is 0.193 e. The van der Waals surface area contributed by atoms with E-state index in [1.807, 2.05) is 12.1 Å². The summed E-state index contributed by atoms with van der Waals surface area (Å²) in [6.45, 7) is 4.24. The maximum atomic E-state index is 11.6. The number of halogens is 1. The standard InChI is InChI=1S/C18H28N4O3S.HI/c1-19-18(20-13-15-6-11-26(23,24)14-15)22-9-7-21(8-10-22)16-4-3-5-17(12-16)25-2;/h3-5,12,15H,6-11,13-14H2,1-2H3,(H,19,20);1H. The van der Waals surface area contributed by atoms with Crippen molar-refractivity contribution in [1.29, 1.82) is 0 Å². The molecule has 1 aromatic rings. The van der Waals surface area contributed by atoms with Crippen LogP contribution in [0, 0.1) is 5.92 Å². The van der Waals surface area contributed by atoms with Gasteiger partial charge in [-0.25, -0.2) is 8.42 Å². The van der Waals surface area contributed by atoms with E-state index in [9.17, 15) is 8.42 Å². The summed E-state index contributed by atoms with van der Waals surface area (Å²) in [6.07, 6.45) is 0.746. The molecular weight excluding hydrogens is 479 g/mol. The van der Waals surface area contributed by atoms with Gasteiger partial charge in [-0.05, 0) is 24.5 Å². The number of guanidine groups is 1. The minimum absolute atomic E-state index is 0. The summed E-state index contributed by atoms with van der Waals surface area (Å²) in [5.41, 5.74) is 1.17. The summed E-state index contributed by atoms with van der Waals surface area (Å²) in [4.78, 5) is 8.96. The fourth-order valence-corrected chi connectivity index (χ4v) is 5.45. The number of piperazine rings is 1. The summed E-state index contributed by atoms with van der Waals surface area (Å²) in [5, 5.41) is 3.36. The summed E-state index contributed by atoms with van der Waals surface area (Å²) in [6, 6.07) is 8.13. The molecule has 2 fully saturated rings. The molecule has 0 aliphatic carbocycles. The zero-order valence-corrected chi connectivity index (χ0v) is 19.1. The fourth-order valence-electron chi connectivity index (χ4n) is 3.58. The van der Waals surface area contributed by atoms with Crippen LogP contribution in [0.1, 0.15) is 6.42 Å². The van der Waals surface area contributed by atoms with Crippen molar-refractivity contribution >= 4 is 45.5 Å². The molecule has 2 aliphatic rings. The van der Waals surface area contributed by atoms with E-state index < -0.39 is 9.84 Å². The van der Waals surface area contributed by atoms with Gasteiger partial charge in [-0.15, -0.1) is 24.0 Å². The zero-order chi connectivity index (χ0) is 18.6. The maximum absolute atomic E-state index is 11.6. The molecule has 9 heteroatoms. The van der Waals surface area contributed by atoms with E-state index in [0.29, 0.717) is 18.1 Å². The Kier molecular flexibility index (Phi) is 8.02. The number of rotatable bonds is 4. The van der Waals surface area contributed by atoms with Crippen molar-refractivity contribution in [2.75, 3.05) is 63.3 Å². The molecule has 1 atom stereocenters. The number of nitrogens with one attached hydrogen (secondary N) is 1. The third-order valence-corrected chi connectivity index (χ3v) is 6.92. The summed E-state index contributed by atoms with van der Waals surface area (Å²) < 4.78 is 28.5. The van der Waals surface area contributed by atoms with Crippen LogP contribution < -0.4 is 15.0 Å². The molecule has 152 valence electrons. The molecule has 2 heterocycles. The van der Waals surface area contributed by atoms with Gasteiger partial charge in [0.15, 0.2) is 15.8 Å². The van der Waals surface area contributed by atoms with E-state index >= 15 is 0 Å². The topological polar surface area (TPSA) is 74.2 Å². The molecule has 0 aromatic heterocycles. The molecule has 0 amide bonds. The second-order valence-corrected chi connectivity index (χ2v) is 9.10. The van der Waals surface area contributed by atoms with E-state index in [-0.39, 0.29) is 29.9 Å². The predicted molar refractivity (Wildman–Crippen MR) is 120 cm³/mol. The molecule has 1 aromatic carbocycles. The van der Waals surface area contributed by atoms with Crippen LogP contribution in [-0.4, -0.2) is 77.7 Å². The predicted octanol–water partition coefficient (Wildman–Crippen LogP) is 1.45. The molecule has 7 nitrogen and oxygen atoms in total. The van der Waals surface area contributed by atoms with Crippen molar-refractivity contribution < 1.29 is 13.2 Å². The van der Waals surface area contributed by atoms with Gasteiger partial charge in [0.1, 0.15) is 5.75 Å². The minimum Gasteiger partial charge on any atom is -0.497 e. The Labute approximate surface area is 179 Å². The second-order valence-electron chi connectivity index (χ2n) is 6.87. The van der Waals surface area contributed by atoms with E-state index in [4.69, 9.17) is 4.74 Å². The molecule has 1 N–H and O–H groups in total. The van der Waals surface area contributed by atoms with Gasteiger partial charge < -0.3 is 19.9 Å². The number of hydrogen-bond acceptors (Lipinski definition) is 5. The van der Waals surface area contributed by atoms with E-state index in [1.165, 1.54) is 5.69 Å². The summed E-state index contributed by atoms with van der Waals surface area (Å²) in [5.74, 6) is 2.53. The van der Waals surface area contributed by atoms with Gasteiger partial charge in [0.05, 0.1) is 18.6 Å². The Morgan fingerprint density at radius 3 is 2.63 bits per heavy atom. The smallest absolute Gasteiger partial charge is 0.193 e. The number of ether oxygens (including phenoxy) is 1. The second kappa shape index (κ2) is 9.81. The van der Waals surface area contributed by atoms with Crippen LogP contribution in [0.4, 0.5) is 5.69 Å². The molecule has 1 unspecified atom stereocenters. The third kappa shape index (κ3) is 5.87. The molecule has 0 bridgehead atoms. The minimum atomic E-state index is -2.83. The lowest BCUT2D eigenvalue weighted by Crippen LogP contribution is -2.53. The van der Waals surface area contributed by atoms with Gasteiger partial charge >= 0.3 is 0 Å². The van der Waals surface area contributed by atoms with Gasteiger partial charge in [-0.2, -0.15) is 0 Å². The molecule has 0 saturated carbocycles. The molecule has 0 spiro atoms. The number of sulfone groups is 1. The molecule has 2 saturated heterocycles. The first-order valence-corrected chi connectivity index (χ1v) is 10.9. The lowest BCUT2D eigenvalue weighted by Gasteiger charge is -2.38. The molecule has 27 heavy (non-hydrogen) atoms. The van der Waals surface area contributed by atoms with Crippen LogP contribution in [0.2, 0.25) is 0 Å². The highest BCUT2D eigenvalue weighted by atomic mass is 127. The fraction of sp³-hybridized carbons (Fsp3) is 0.611. The normalized spacial score (nSPS) is 22.3. The van der Waals surface area contributed by atoms with Crippen LogP contribution in [0.3, 0.4) is 0 Å². The average molecular weight is 508 g/mol. The van der Waals surface area contributed by atoms with Gasteiger partial charge in [0.2, 0.25) is 0 Å². The van der Waals surface area contributed by atoms with Crippen molar-refractivity contribution in [3.05, 3.63) is 24.3 Å². The Morgan fingerprint density at radius 1 is 1.30 bits per heavy atom. The number of aliphatic imine (C=N–C) groups is 1. The van der Waals surface area contributed by atoms with Gasteiger partial charge in [0, 0.05) is 51.5 Å². The Balaban J connectivity index is 0.00000261. The van der Waals surface area contributed by atoms with Gasteiger partial charge in [-0.1, -0.05) is 6.07 Å². The SMILES string of the molecule is CN=C(NCC1CCS(=O)(=O)C1)N1CCN(c2cccc(OC)c2)CC1.I. The number of methoxy groups -OCH3 is 1. The first-order valence-electron chi connectivity index (χ1n) is 9.06. The van der Waals surface area contributed by atoms with Gasteiger partial charge in [-0.3, -0.25) is 4.99 Å². The largest absolute Gasteiger partial charge is 0.497 e. The van der Waals surface area contributed by atoms with Crippen molar-refractivity contribution in [2.45, 2.75) is 6.42 Å². The lowest BCUT2D eigenvalue weighted by atomic mass is 10.1. The number of nitrogens with zero attached hydrogens (tertiary/aromatic N) is 3. The monoisotopic (exact) mass is 508 g/mol. The zero-order valence-electron chi connectivity index (χ0n) is 15.9. The molecule has 3 rings (SSSR count). The molecular formula is C18H29IN4O3S. The first kappa shape index (κ1) is 22.1. The van der Waals surface area contributed by atoms with E-state index in [1.54, 1.807) is 14.2 Å². The van der Waals surface area contributed by atoms with Crippen molar-refractivity contribution in [1.82, 2.24) is 10.2 Å². The van der Waals surface area contributed by atoms with Crippen molar-refractivity contribution in [2.24, 2.45) is 10.9 Å². The summed E-state index contributed by atoms with van der Waals surface area (Å²) in [7, 11) is 0.634. The highest BCUT2D eigenvalue weighted by molar-refractivity contribution is 14.0. The van der Waals surface area contributed by atoms with Crippen LogP contribution in [0.5, 0.6) is 5.75 Å². The molecule has 2 aliphatic heterocycles. The first-order chi connectivity index (χ1) is 12.5. The van der Waals surface area contributed by atoms with Crippen molar-refractivity contribution in [3.8, 4) is 5.75 Å². The van der Waals surface area contributed by atoms with Crippen LogP contribution in [0.25, 0.3) is 0 Å². The summed E-state index contributed by atoms with van der Waals surface area (Å²) >= 11 is 0. The Morgan fingerprint density at radius 2 is 2.04 bits per heavy atom. The van der Waals surface area contributed by atoms with E-state index in [2.05, 4.69) is 32.2 Å². The Bertz CT molecular complexity index is 749. The average Bonchev–Trinajstić information content (AvgIpc) is 3.01. The number of anilines is 1. The highest BCUT2D eigenvalue weighted by Gasteiger charge is 2.28. The van der Waals surface area contributed by atoms with Crippen molar-refractivity contribution in [3.63, 3.8) is 0 Å². The van der Waals surface area contributed by atoms with Crippen LogP contribution >= 0.6 is 24.0 Å². The van der Waals surface area contributed by atoms with Gasteiger partial charge in [0.25, 0.3) is 0 Å². The Hall–Kier alpha value is -1.23. The van der Waals surface area contributed by atoms with Crippen LogP contribution in [-0.2, 0) is 9.84 Å².